The fourth-order valence-corrected chi connectivity index (χ4v) is 12.2. The van der Waals surface area contributed by atoms with Crippen molar-refractivity contribution in [2.45, 2.75) is 0 Å². The maximum Gasteiger partial charge on any atom is 0.166 e. The Balaban J connectivity index is 1.05. The van der Waals surface area contributed by atoms with Crippen molar-refractivity contribution in [3.05, 3.63) is 224 Å². The van der Waals surface area contributed by atoms with Gasteiger partial charge in [0.05, 0.1) is 27.8 Å². The first-order valence-corrected chi connectivity index (χ1v) is 24.3. The fraction of sp³-hybridized carbons (Fsp3) is 0. The molecule has 5 heterocycles. The Morgan fingerprint density at radius 1 is 0.357 bits per heavy atom. The maximum absolute atomic E-state index is 6.61. The van der Waals surface area contributed by atoms with Crippen molar-refractivity contribution in [1.82, 2.24) is 24.1 Å². The molecular weight excluding hydrogens is 875 g/mol. The molecule has 0 radical (unpaired) electrons. The molecule has 7 heteroatoms. The van der Waals surface area contributed by atoms with E-state index in [1.807, 2.05) is 18.2 Å². The Bertz CT molecular complexity index is 4600. The zero-order chi connectivity index (χ0) is 45.9. The standard InChI is InChI=1S/C63H37N5OS/c1-3-17-38(18-4-1)39-35-36-54-50(37-39)57-47(27-16-33-55(57)69-54)61-64-62(66-63(65-61)49-29-14-26-46-43-23-9-12-34-56(43)70-60(46)49)48-28-13-24-44-41-21-8-11-31-52(41)68(58(44)48)53-32-15-25-45-42-22-7-10-30-51(42)67(59(45)53)40-19-5-2-6-20-40/h1-37H. The third-order valence-corrected chi connectivity index (χ3v) is 15.2. The van der Waals surface area contributed by atoms with Crippen molar-refractivity contribution < 1.29 is 4.42 Å². The quantitative estimate of drug-likeness (QED) is 0.167. The van der Waals surface area contributed by atoms with Crippen LogP contribution in [0.1, 0.15) is 0 Å². The van der Waals surface area contributed by atoms with Gasteiger partial charge in [0.2, 0.25) is 0 Å². The molecule has 0 aliphatic carbocycles. The summed E-state index contributed by atoms with van der Waals surface area (Å²) in [6, 6.07) is 79.6. The van der Waals surface area contributed by atoms with Gasteiger partial charge in [-0.3, -0.25) is 0 Å². The van der Waals surface area contributed by atoms with Gasteiger partial charge in [0, 0.05) is 74.9 Å². The number of rotatable bonds is 6. The van der Waals surface area contributed by atoms with Crippen LogP contribution in [0.3, 0.4) is 0 Å². The van der Waals surface area contributed by atoms with E-state index in [-0.39, 0.29) is 0 Å². The Morgan fingerprint density at radius 3 is 1.71 bits per heavy atom. The molecular formula is C63H37N5OS. The van der Waals surface area contributed by atoms with E-state index in [0.717, 1.165) is 98.7 Å². The SMILES string of the molecule is c1ccc(-c2ccc3oc4cccc(-c5nc(-c6cccc7c6sc6ccccc67)nc(-c6cccc7c8ccccc8n(-c8cccc9c%10ccccc%10n(-c%10ccccc%10)c89)c67)n5)c4c3c2)cc1. The summed E-state index contributed by atoms with van der Waals surface area (Å²) in [7, 11) is 0. The van der Waals surface area contributed by atoms with Crippen molar-refractivity contribution in [3.8, 4) is 56.7 Å². The fourth-order valence-electron chi connectivity index (χ4n) is 11.0. The van der Waals surface area contributed by atoms with E-state index in [4.69, 9.17) is 19.4 Å². The van der Waals surface area contributed by atoms with Crippen LogP contribution in [0.4, 0.5) is 0 Å². The van der Waals surface area contributed by atoms with Crippen LogP contribution >= 0.6 is 11.3 Å². The minimum atomic E-state index is 0.572. The lowest BCUT2D eigenvalue weighted by Crippen LogP contribution is -2.03. The van der Waals surface area contributed by atoms with Gasteiger partial charge >= 0.3 is 0 Å². The van der Waals surface area contributed by atoms with Gasteiger partial charge in [-0.1, -0.05) is 158 Å². The summed E-state index contributed by atoms with van der Waals surface area (Å²) in [5.41, 5.74) is 13.1. The first kappa shape index (κ1) is 38.9. The Hall–Kier alpha value is -9.17. The highest BCUT2D eigenvalue weighted by molar-refractivity contribution is 7.26. The Morgan fingerprint density at radius 2 is 0.929 bits per heavy atom. The van der Waals surface area contributed by atoms with E-state index in [9.17, 15) is 0 Å². The normalized spacial score (nSPS) is 12.0. The zero-order valence-corrected chi connectivity index (χ0v) is 38.2. The summed E-state index contributed by atoms with van der Waals surface area (Å²) < 4.78 is 13.8. The Labute approximate surface area is 404 Å². The highest BCUT2D eigenvalue weighted by Gasteiger charge is 2.25. The predicted molar refractivity (Wildman–Crippen MR) is 290 cm³/mol. The van der Waals surface area contributed by atoms with E-state index in [1.165, 1.54) is 26.2 Å². The van der Waals surface area contributed by atoms with Crippen LogP contribution in [0, 0.1) is 0 Å². The number of nitrogens with zero attached hydrogens (tertiary/aromatic N) is 5. The second-order valence-electron chi connectivity index (χ2n) is 17.9. The van der Waals surface area contributed by atoms with Crippen molar-refractivity contribution in [1.29, 1.82) is 0 Å². The lowest BCUT2D eigenvalue weighted by molar-refractivity contribution is 0.669. The smallest absolute Gasteiger partial charge is 0.166 e. The third-order valence-electron chi connectivity index (χ3n) is 14.0. The monoisotopic (exact) mass is 911 g/mol. The second-order valence-corrected chi connectivity index (χ2v) is 18.9. The molecule has 0 fully saturated rings. The average molecular weight is 912 g/mol. The van der Waals surface area contributed by atoms with E-state index in [1.54, 1.807) is 11.3 Å². The summed E-state index contributed by atoms with van der Waals surface area (Å²) in [5.74, 6) is 1.76. The molecule has 0 aliphatic heterocycles. The zero-order valence-electron chi connectivity index (χ0n) is 37.4. The van der Waals surface area contributed by atoms with Crippen LogP contribution in [0.15, 0.2) is 229 Å². The second kappa shape index (κ2) is 15.2. The molecule has 15 rings (SSSR count). The first-order chi connectivity index (χ1) is 34.7. The molecule has 70 heavy (non-hydrogen) atoms. The molecule has 0 saturated carbocycles. The van der Waals surface area contributed by atoms with E-state index < -0.39 is 0 Å². The molecule has 0 N–H and O–H groups in total. The van der Waals surface area contributed by atoms with Crippen LogP contribution in [0.5, 0.6) is 0 Å². The van der Waals surface area contributed by atoms with Crippen molar-refractivity contribution in [3.63, 3.8) is 0 Å². The number of hydrogen-bond donors (Lipinski definition) is 0. The van der Waals surface area contributed by atoms with Crippen LogP contribution in [0.2, 0.25) is 0 Å². The first-order valence-electron chi connectivity index (χ1n) is 23.5. The average Bonchev–Trinajstić information content (AvgIpc) is 4.19. The van der Waals surface area contributed by atoms with E-state index >= 15 is 0 Å². The van der Waals surface area contributed by atoms with E-state index in [0.29, 0.717) is 17.5 Å². The summed E-state index contributed by atoms with van der Waals surface area (Å²) in [4.78, 5) is 16.6. The molecule has 0 spiro atoms. The Kier molecular flexibility index (Phi) is 8.43. The maximum atomic E-state index is 6.61. The number of hydrogen-bond acceptors (Lipinski definition) is 5. The van der Waals surface area contributed by atoms with E-state index in [2.05, 4.69) is 215 Å². The molecule has 5 aromatic heterocycles. The highest BCUT2D eigenvalue weighted by atomic mass is 32.1. The van der Waals surface area contributed by atoms with Gasteiger partial charge in [-0.05, 0) is 77.9 Å². The summed E-state index contributed by atoms with van der Waals surface area (Å²) in [6.45, 7) is 0. The molecule has 0 bridgehead atoms. The number of furan rings is 1. The van der Waals surface area contributed by atoms with Gasteiger partial charge < -0.3 is 13.6 Å². The number of aromatic nitrogens is 5. The number of para-hydroxylation sites is 5. The van der Waals surface area contributed by atoms with Gasteiger partial charge in [-0.25, -0.2) is 15.0 Å². The van der Waals surface area contributed by atoms with Gasteiger partial charge in [-0.2, -0.15) is 0 Å². The van der Waals surface area contributed by atoms with Crippen molar-refractivity contribution >= 4 is 97.1 Å². The van der Waals surface area contributed by atoms with Crippen LogP contribution in [-0.2, 0) is 0 Å². The van der Waals surface area contributed by atoms with Crippen LogP contribution in [0.25, 0.3) is 142 Å². The lowest BCUT2D eigenvalue weighted by Gasteiger charge is -2.16. The van der Waals surface area contributed by atoms with Gasteiger partial charge in [0.1, 0.15) is 11.2 Å². The molecule has 0 unspecified atom stereocenters. The molecule has 0 atom stereocenters. The molecule has 0 aliphatic rings. The topological polar surface area (TPSA) is 61.7 Å². The van der Waals surface area contributed by atoms with Crippen molar-refractivity contribution in [2.75, 3.05) is 0 Å². The number of benzene rings is 10. The summed E-state index contributed by atoms with van der Waals surface area (Å²) >= 11 is 1.78. The lowest BCUT2D eigenvalue weighted by atomic mass is 10.0. The van der Waals surface area contributed by atoms with Crippen LogP contribution in [-0.4, -0.2) is 24.1 Å². The predicted octanol–water partition coefficient (Wildman–Crippen LogP) is 17.0. The molecule has 6 nitrogen and oxygen atoms in total. The summed E-state index contributed by atoms with van der Waals surface area (Å²) in [5, 5.41) is 9.00. The van der Waals surface area contributed by atoms with Gasteiger partial charge in [0.15, 0.2) is 17.5 Å². The minimum absolute atomic E-state index is 0.572. The highest BCUT2D eigenvalue weighted by Crippen LogP contribution is 2.45. The van der Waals surface area contributed by atoms with Crippen LogP contribution < -0.4 is 0 Å². The molecule has 0 amide bonds. The third kappa shape index (κ3) is 5.76. The molecule has 10 aromatic carbocycles. The summed E-state index contributed by atoms with van der Waals surface area (Å²) in [6.07, 6.45) is 0. The molecule has 326 valence electrons. The molecule has 15 aromatic rings. The van der Waals surface area contributed by atoms with Crippen molar-refractivity contribution in [2.24, 2.45) is 0 Å². The number of thiophene rings is 1. The van der Waals surface area contributed by atoms with Gasteiger partial charge in [0.25, 0.3) is 0 Å². The molecule has 0 saturated heterocycles. The van der Waals surface area contributed by atoms with Gasteiger partial charge in [-0.15, -0.1) is 11.3 Å². The largest absolute Gasteiger partial charge is 0.456 e. The number of fused-ring (bicyclic) bond motifs is 12. The minimum Gasteiger partial charge on any atom is -0.456 e.